The van der Waals surface area contributed by atoms with Gasteiger partial charge in [-0.2, -0.15) is 5.26 Å². The highest BCUT2D eigenvalue weighted by Crippen LogP contribution is 2.46. The molecule has 1 fully saturated rings. The van der Waals surface area contributed by atoms with Gasteiger partial charge >= 0.3 is 0 Å². The van der Waals surface area contributed by atoms with Gasteiger partial charge < -0.3 is 0 Å². The van der Waals surface area contributed by atoms with Gasteiger partial charge in [0, 0.05) is 6.07 Å². The van der Waals surface area contributed by atoms with Crippen LogP contribution in [0.1, 0.15) is 36.0 Å². The molecule has 1 aliphatic rings. The van der Waals surface area contributed by atoms with Crippen LogP contribution in [0, 0.1) is 36.8 Å². The molecule has 0 spiro atoms. The van der Waals surface area contributed by atoms with E-state index in [-0.39, 0.29) is 0 Å². The second-order valence-corrected chi connectivity index (χ2v) is 4.51. The number of halogens is 2. The molecule has 0 bridgehead atoms. The van der Waals surface area contributed by atoms with Gasteiger partial charge in [-0.25, -0.2) is 8.78 Å². The molecule has 84 valence electrons. The first-order chi connectivity index (χ1) is 7.52. The van der Waals surface area contributed by atoms with E-state index in [0.717, 1.165) is 12.5 Å². The lowest BCUT2D eigenvalue weighted by Gasteiger charge is -2.38. The predicted octanol–water partition coefficient (Wildman–Crippen LogP) is 3.53. The highest BCUT2D eigenvalue weighted by molar-refractivity contribution is 5.47. The van der Waals surface area contributed by atoms with E-state index < -0.39 is 17.0 Å². The molecule has 1 aromatic carbocycles. The maximum atomic E-state index is 13.5. The molecule has 0 N–H and O–H groups in total. The zero-order valence-corrected chi connectivity index (χ0v) is 9.40. The Kier molecular flexibility index (Phi) is 2.46. The Balaban J connectivity index is 2.69. The third-order valence-electron chi connectivity index (χ3n) is 3.62. The van der Waals surface area contributed by atoms with Gasteiger partial charge in [0.1, 0.15) is 11.6 Å². The second-order valence-electron chi connectivity index (χ2n) is 4.51. The lowest BCUT2D eigenvalue weighted by molar-refractivity contribution is 0.318. The third-order valence-corrected chi connectivity index (χ3v) is 3.62. The van der Waals surface area contributed by atoms with Crippen molar-refractivity contribution in [2.24, 2.45) is 0 Å². The Hall–Kier alpha value is -1.43. The number of hydrogen-bond acceptors (Lipinski definition) is 1. The van der Waals surface area contributed by atoms with E-state index in [1.165, 1.54) is 0 Å². The standard InChI is InChI=1S/C13H13F2N/c1-8-10(14)6-11(15)9(2)12(8)13(7-16)4-3-5-13/h6H,3-5H2,1-2H3. The molecule has 0 radical (unpaired) electrons. The van der Waals surface area contributed by atoms with E-state index >= 15 is 0 Å². The average Bonchev–Trinajstić information content (AvgIpc) is 2.19. The van der Waals surface area contributed by atoms with Crippen molar-refractivity contribution >= 4 is 0 Å². The summed E-state index contributed by atoms with van der Waals surface area (Å²) in [5, 5.41) is 9.23. The van der Waals surface area contributed by atoms with Gasteiger partial charge in [0.15, 0.2) is 0 Å². The highest BCUT2D eigenvalue weighted by Gasteiger charge is 2.42. The lowest BCUT2D eigenvalue weighted by Crippen LogP contribution is -2.34. The van der Waals surface area contributed by atoms with Crippen LogP contribution in [0.5, 0.6) is 0 Å². The molecule has 1 aromatic rings. The van der Waals surface area contributed by atoms with Crippen molar-refractivity contribution in [1.82, 2.24) is 0 Å². The summed E-state index contributed by atoms with van der Waals surface area (Å²) in [6.07, 6.45) is 2.35. The molecule has 0 amide bonds. The van der Waals surface area contributed by atoms with Crippen LogP contribution in [0.25, 0.3) is 0 Å². The Morgan fingerprint density at radius 1 is 1.19 bits per heavy atom. The van der Waals surface area contributed by atoms with Crippen molar-refractivity contribution in [2.75, 3.05) is 0 Å². The maximum absolute atomic E-state index is 13.5. The minimum atomic E-state index is -0.656. The first-order valence-corrected chi connectivity index (χ1v) is 5.39. The number of hydrogen-bond donors (Lipinski definition) is 0. The smallest absolute Gasteiger partial charge is 0.129 e. The topological polar surface area (TPSA) is 23.8 Å². The zero-order valence-electron chi connectivity index (χ0n) is 9.40. The molecule has 16 heavy (non-hydrogen) atoms. The minimum Gasteiger partial charge on any atom is -0.207 e. The summed E-state index contributed by atoms with van der Waals surface area (Å²) < 4.78 is 27.0. The van der Waals surface area contributed by atoms with Gasteiger partial charge in [0.05, 0.1) is 11.5 Å². The summed E-state index contributed by atoms with van der Waals surface area (Å²) in [5.41, 5.74) is 0.746. The van der Waals surface area contributed by atoms with Crippen LogP contribution >= 0.6 is 0 Å². The van der Waals surface area contributed by atoms with Crippen LogP contribution in [0.2, 0.25) is 0 Å². The summed E-state index contributed by atoms with van der Waals surface area (Å²) in [6.45, 7) is 3.24. The van der Waals surface area contributed by atoms with E-state index in [1.807, 2.05) is 0 Å². The summed E-state index contributed by atoms with van der Waals surface area (Å²) in [4.78, 5) is 0. The van der Waals surface area contributed by atoms with Gasteiger partial charge in [-0.05, 0) is 49.8 Å². The predicted molar refractivity (Wildman–Crippen MR) is 57.0 cm³/mol. The van der Waals surface area contributed by atoms with Crippen molar-refractivity contribution in [3.63, 3.8) is 0 Å². The fourth-order valence-electron chi connectivity index (χ4n) is 2.51. The van der Waals surface area contributed by atoms with Crippen LogP contribution in [-0.4, -0.2) is 0 Å². The number of rotatable bonds is 1. The molecule has 1 saturated carbocycles. The van der Waals surface area contributed by atoms with Crippen molar-refractivity contribution in [3.8, 4) is 6.07 Å². The highest BCUT2D eigenvalue weighted by atomic mass is 19.1. The van der Waals surface area contributed by atoms with E-state index in [4.69, 9.17) is 0 Å². The van der Waals surface area contributed by atoms with Gasteiger partial charge in [-0.15, -0.1) is 0 Å². The molecule has 0 atom stereocenters. The molecule has 0 saturated heterocycles. The van der Waals surface area contributed by atoms with Gasteiger partial charge in [-0.3, -0.25) is 0 Å². The van der Waals surface area contributed by atoms with Crippen LogP contribution in [-0.2, 0) is 5.41 Å². The summed E-state index contributed by atoms with van der Waals surface area (Å²) >= 11 is 0. The molecule has 3 heteroatoms. The summed E-state index contributed by atoms with van der Waals surface area (Å²) in [6, 6.07) is 3.13. The zero-order chi connectivity index (χ0) is 11.9. The number of benzene rings is 1. The van der Waals surface area contributed by atoms with Crippen molar-refractivity contribution < 1.29 is 8.78 Å². The number of nitrogens with zero attached hydrogens (tertiary/aromatic N) is 1. The Labute approximate surface area is 93.7 Å². The quantitative estimate of drug-likeness (QED) is 0.711. The Morgan fingerprint density at radius 3 is 2.00 bits per heavy atom. The molecular formula is C13H13F2N. The Morgan fingerprint density at radius 2 is 1.69 bits per heavy atom. The van der Waals surface area contributed by atoms with E-state index in [9.17, 15) is 14.0 Å². The van der Waals surface area contributed by atoms with Crippen molar-refractivity contribution in [1.29, 1.82) is 5.26 Å². The van der Waals surface area contributed by atoms with Crippen LogP contribution in [0.15, 0.2) is 6.07 Å². The van der Waals surface area contributed by atoms with Crippen LogP contribution < -0.4 is 0 Å². The minimum absolute atomic E-state index is 0.417. The molecular weight excluding hydrogens is 208 g/mol. The van der Waals surface area contributed by atoms with Crippen molar-refractivity contribution in [3.05, 3.63) is 34.4 Å². The third kappa shape index (κ3) is 1.33. The van der Waals surface area contributed by atoms with E-state index in [0.29, 0.717) is 29.5 Å². The normalized spacial score (nSPS) is 17.7. The first kappa shape index (κ1) is 11.1. The number of nitriles is 1. The maximum Gasteiger partial charge on any atom is 0.129 e. The molecule has 0 heterocycles. The first-order valence-electron chi connectivity index (χ1n) is 5.39. The van der Waals surface area contributed by atoms with E-state index in [2.05, 4.69) is 6.07 Å². The molecule has 0 aliphatic heterocycles. The average molecular weight is 221 g/mol. The molecule has 2 rings (SSSR count). The largest absolute Gasteiger partial charge is 0.207 e. The fourth-order valence-corrected chi connectivity index (χ4v) is 2.51. The Bertz CT molecular complexity index is 455. The monoisotopic (exact) mass is 221 g/mol. The van der Waals surface area contributed by atoms with E-state index in [1.54, 1.807) is 13.8 Å². The lowest BCUT2D eigenvalue weighted by atomic mass is 9.63. The molecule has 0 unspecified atom stereocenters. The summed E-state index contributed by atoms with van der Waals surface area (Å²) in [7, 11) is 0. The van der Waals surface area contributed by atoms with Crippen molar-refractivity contribution in [2.45, 2.75) is 38.5 Å². The fraction of sp³-hybridized carbons (Fsp3) is 0.462. The van der Waals surface area contributed by atoms with Gasteiger partial charge in [-0.1, -0.05) is 0 Å². The molecule has 1 aliphatic carbocycles. The molecule has 0 aromatic heterocycles. The SMILES string of the molecule is Cc1c(F)cc(F)c(C)c1C1(C#N)CCC1. The summed E-state index contributed by atoms with van der Waals surface area (Å²) in [5.74, 6) is -1.11. The van der Waals surface area contributed by atoms with Gasteiger partial charge in [0.2, 0.25) is 0 Å². The van der Waals surface area contributed by atoms with Crippen LogP contribution in [0.4, 0.5) is 8.78 Å². The van der Waals surface area contributed by atoms with Crippen LogP contribution in [0.3, 0.4) is 0 Å². The van der Waals surface area contributed by atoms with Gasteiger partial charge in [0.25, 0.3) is 0 Å². The molecule has 1 nitrogen and oxygen atoms in total. The second kappa shape index (κ2) is 3.55.